The van der Waals surface area contributed by atoms with Gasteiger partial charge in [0, 0.05) is 38.0 Å². The summed E-state index contributed by atoms with van der Waals surface area (Å²) in [5.74, 6) is 0. The average Bonchev–Trinajstić information content (AvgIpc) is 2.38. The van der Waals surface area contributed by atoms with Crippen molar-refractivity contribution in [1.29, 1.82) is 0 Å². The van der Waals surface area contributed by atoms with Crippen LogP contribution < -0.4 is 9.47 Å². The van der Waals surface area contributed by atoms with Crippen LogP contribution in [0, 0.1) is 0 Å². The zero-order valence-corrected chi connectivity index (χ0v) is 11.2. The number of benzene rings is 1. The molecule has 0 bridgehead atoms. The summed E-state index contributed by atoms with van der Waals surface area (Å²) in [6.07, 6.45) is 6.36. The molecule has 0 amide bonds. The van der Waals surface area contributed by atoms with Crippen LogP contribution in [-0.2, 0) is 7.05 Å². The third kappa shape index (κ3) is 2.98. The SMILES string of the molecule is CN(C)c1cc[n+](C)c(C=Cc2ccccc2)c1. The standard InChI is InChI=1S/C16H19N2/c1-17(2)15-11-12-18(3)16(13-15)10-9-14-7-5-4-6-8-14/h4-13H,1-3H3/q+1. The van der Waals surface area contributed by atoms with E-state index in [1.165, 1.54) is 16.9 Å². The molecule has 0 fully saturated rings. The summed E-state index contributed by atoms with van der Waals surface area (Å²) in [5.41, 5.74) is 3.61. The number of aryl methyl sites for hydroxylation is 1. The van der Waals surface area contributed by atoms with Crippen LogP contribution >= 0.6 is 0 Å². The molecule has 0 aliphatic carbocycles. The van der Waals surface area contributed by atoms with Crippen LogP contribution in [0.3, 0.4) is 0 Å². The lowest BCUT2D eigenvalue weighted by Crippen LogP contribution is -2.31. The molecule has 2 rings (SSSR count). The smallest absolute Gasteiger partial charge is 0.207 e. The molecule has 18 heavy (non-hydrogen) atoms. The fraction of sp³-hybridized carbons (Fsp3) is 0.188. The van der Waals surface area contributed by atoms with E-state index in [9.17, 15) is 0 Å². The second-order valence-corrected chi connectivity index (χ2v) is 4.56. The second kappa shape index (κ2) is 5.50. The highest BCUT2D eigenvalue weighted by molar-refractivity contribution is 5.68. The quantitative estimate of drug-likeness (QED) is 0.747. The molecule has 0 aliphatic heterocycles. The number of aromatic nitrogens is 1. The summed E-state index contributed by atoms with van der Waals surface area (Å²) >= 11 is 0. The molecular formula is C16H19N2+. The zero-order valence-electron chi connectivity index (χ0n) is 11.2. The maximum atomic E-state index is 2.18. The summed E-state index contributed by atoms with van der Waals surface area (Å²) in [5, 5.41) is 0. The predicted octanol–water partition coefficient (Wildman–Crippen LogP) is 2.75. The van der Waals surface area contributed by atoms with Gasteiger partial charge in [0.25, 0.3) is 0 Å². The molecule has 2 nitrogen and oxygen atoms in total. The van der Waals surface area contributed by atoms with Gasteiger partial charge in [-0.2, -0.15) is 0 Å². The largest absolute Gasteiger partial charge is 0.377 e. The van der Waals surface area contributed by atoms with Gasteiger partial charge in [-0.1, -0.05) is 30.3 Å². The minimum atomic E-state index is 1.19. The molecule has 2 heteroatoms. The number of hydrogen-bond acceptors (Lipinski definition) is 1. The van der Waals surface area contributed by atoms with Crippen LogP contribution in [0.4, 0.5) is 5.69 Å². The topological polar surface area (TPSA) is 7.12 Å². The van der Waals surface area contributed by atoms with Crippen LogP contribution in [0.25, 0.3) is 12.2 Å². The van der Waals surface area contributed by atoms with Crippen LogP contribution in [0.1, 0.15) is 11.3 Å². The fourth-order valence-electron chi connectivity index (χ4n) is 1.77. The number of anilines is 1. The van der Waals surface area contributed by atoms with E-state index < -0.39 is 0 Å². The van der Waals surface area contributed by atoms with Gasteiger partial charge in [-0.3, -0.25) is 0 Å². The van der Waals surface area contributed by atoms with E-state index in [0.29, 0.717) is 0 Å². The first-order valence-electron chi connectivity index (χ1n) is 6.07. The number of pyridine rings is 1. The third-order valence-corrected chi connectivity index (χ3v) is 2.93. The van der Waals surface area contributed by atoms with Gasteiger partial charge in [-0.05, 0) is 11.6 Å². The molecule has 0 aliphatic rings. The van der Waals surface area contributed by atoms with Crippen LogP contribution in [-0.4, -0.2) is 14.1 Å². The van der Waals surface area contributed by atoms with Crippen molar-refractivity contribution in [3.05, 3.63) is 59.9 Å². The Morgan fingerprint density at radius 3 is 2.39 bits per heavy atom. The molecule has 1 aromatic heterocycles. The number of nitrogens with zero attached hydrogens (tertiary/aromatic N) is 2. The van der Waals surface area contributed by atoms with Gasteiger partial charge in [-0.25, -0.2) is 4.57 Å². The van der Waals surface area contributed by atoms with Gasteiger partial charge in [0.2, 0.25) is 5.69 Å². The van der Waals surface area contributed by atoms with E-state index in [-0.39, 0.29) is 0 Å². The normalized spacial score (nSPS) is 10.8. The Balaban J connectivity index is 2.28. The minimum absolute atomic E-state index is 1.19. The third-order valence-electron chi connectivity index (χ3n) is 2.93. The summed E-state index contributed by atoms with van der Waals surface area (Å²) in [6.45, 7) is 0. The van der Waals surface area contributed by atoms with Crippen LogP contribution in [0.2, 0.25) is 0 Å². The van der Waals surface area contributed by atoms with Gasteiger partial charge >= 0.3 is 0 Å². The zero-order chi connectivity index (χ0) is 13.0. The molecule has 0 saturated carbocycles. The Kier molecular flexibility index (Phi) is 3.78. The van der Waals surface area contributed by atoms with Gasteiger partial charge < -0.3 is 4.90 Å². The Labute approximate surface area is 109 Å². The van der Waals surface area contributed by atoms with E-state index in [1.807, 2.05) is 6.07 Å². The molecule has 0 atom stereocenters. The van der Waals surface area contributed by atoms with Gasteiger partial charge in [-0.15, -0.1) is 0 Å². The van der Waals surface area contributed by atoms with E-state index in [2.05, 4.69) is 85.4 Å². The molecule has 0 spiro atoms. The van der Waals surface area contributed by atoms with Crippen LogP contribution in [0.15, 0.2) is 48.7 Å². The Morgan fingerprint density at radius 2 is 1.72 bits per heavy atom. The fourth-order valence-corrected chi connectivity index (χ4v) is 1.77. The number of hydrogen-bond donors (Lipinski definition) is 0. The maximum absolute atomic E-state index is 2.18. The molecular weight excluding hydrogens is 220 g/mol. The van der Waals surface area contributed by atoms with Crippen molar-refractivity contribution in [1.82, 2.24) is 0 Å². The summed E-state index contributed by atoms with van der Waals surface area (Å²) in [6, 6.07) is 14.6. The summed E-state index contributed by atoms with van der Waals surface area (Å²) < 4.78 is 2.12. The van der Waals surface area contributed by atoms with Crippen molar-refractivity contribution in [2.24, 2.45) is 7.05 Å². The number of rotatable bonds is 3. The van der Waals surface area contributed by atoms with E-state index in [4.69, 9.17) is 0 Å². The van der Waals surface area contributed by atoms with Crippen molar-refractivity contribution in [2.75, 3.05) is 19.0 Å². The van der Waals surface area contributed by atoms with Crippen molar-refractivity contribution in [3.8, 4) is 0 Å². The molecule has 0 N–H and O–H groups in total. The molecule has 0 radical (unpaired) electrons. The highest BCUT2D eigenvalue weighted by atomic mass is 15.1. The first kappa shape index (κ1) is 12.4. The molecule has 2 aromatic rings. The van der Waals surface area contributed by atoms with E-state index in [1.54, 1.807) is 0 Å². The van der Waals surface area contributed by atoms with E-state index >= 15 is 0 Å². The average molecular weight is 239 g/mol. The van der Waals surface area contributed by atoms with E-state index in [0.717, 1.165) is 0 Å². The van der Waals surface area contributed by atoms with Crippen LogP contribution in [0.5, 0.6) is 0 Å². The minimum Gasteiger partial charge on any atom is -0.377 e. The van der Waals surface area contributed by atoms with Crippen molar-refractivity contribution < 1.29 is 4.57 Å². The first-order valence-corrected chi connectivity index (χ1v) is 6.07. The molecule has 0 unspecified atom stereocenters. The van der Waals surface area contributed by atoms with Crippen molar-refractivity contribution in [3.63, 3.8) is 0 Å². The van der Waals surface area contributed by atoms with Gasteiger partial charge in [0.1, 0.15) is 7.05 Å². The highest BCUT2D eigenvalue weighted by Crippen LogP contribution is 2.12. The molecule has 0 saturated heterocycles. The lowest BCUT2D eigenvalue weighted by molar-refractivity contribution is -0.673. The Morgan fingerprint density at radius 1 is 1.00 bits per heavy atom. The molecule has 92 valence electrons. The Bertz CT molecular complexity index is 542. The summed E-state index contributed by atoms with van der Waals surface area (Å²) in [4.78, 5) is 2.11. The lowest BCUT2D eigenvalue weighted by atomic mass is 10.2. The van der Waals surface area contributed by atoms with Gasteiger partial charge in [0.15, 0.2) is 6.20 Å². The Hall–Kier alpha value is -2.09. The van der Waals surface area contributed by atoms with Gasteiger partial charge in [0.05, 0.1) is 0 Å². The molecule has 1 aromatic carbocycles. The highest BCUT2D eigenvalue weighted by Gasteiger charge is 2.05. The second-order valence-electron chi connectivity index (χ2n) is 4.56. The van der Waals surface area contributed by atoms with Crippen molar-refractivity contribution >= 4 is 17.8 Å². The molecule has 1 heterocycles. The monoisotopic (exact) mass is 239 g/mol. The van der Waals surface area contributed by atoms with Crippen molar-refractivity contribution in [2.45, 2.75) is 0 Å². The first-order chi connectivity index (χ1) is 8.66. The summed E-state index contributed by atoms with van der Waals surface area (Å²) in [7, 11) is 6.17. The predicted molar refractivity (Wildman–Crippen MR) is 77.3 cm³/mol. The lowest BCUT2D eigenvalue weighted by Gasteiger charge is -2.11. The maximum Gasteiger partial charge on any atom is 0.207 e.